The SMILES string of the molecule is B[N+]1(B)CCCCC1. The summed E-state index contributed by atoms with van der Waals surface area (Å²) in [5.41, 5.74) is 0. The lowest BCUT2D eigenvalue weighted by molar-refractivity contribution is -0.701. The number of hydrogen-bond acceptors (Lipinski definition) is 0. The molecule has 1 aliphatic rings. The van der Waals surface area contributed by atoms with Gasteiger partial charge in [0, 0.05) is 13.1 Å². The third-order valence-corrected chi connectivity index (χ3v) is 2.03. The second-order valence-corrected chi connectivity index (χ2v) is 3.44. The van der Waals surface area contributed by atoms with Gasteiger partial charge in [-0.25, -0.2) is 0 Å². The molecule has 0 spiro atoms. The van der Waals surface area contributed by atoms with Crippen LogP contribution in [0.15, 0.2) is 0 Å². The Morgan fingerprint density at radius 1 is 0.875 bits per heavy atom. The van der Waals surface area contributed by atoms with Gasteiger partial charge in [-0.2, -0.15) is 0 Å². The highest BCUT2D eigenvalue weighted by atomic mass is 15.2. The Balaban J connectivity index is 2.33. The minimum absolute atomic E-state index is 1.25. The zero-order valence-corrected chi connectivity index (χ0v) is 5.98. The van der Waals surface area contributed by atoms with Crippen LogP contribution in [0.2, 0.25) is 0 Å². The molecule has 1 heterocycles. The smallest absolute Gasteiger partial charge is 0.351 e. The van der Waals surface area contributed by atoms with Crippen LogP contribution in [0.25, 0.3) is 0 Å². The predicted octanol–water partition coefficient (Wildman–Crippen LogP) is -0.917. The van der Waals surface area contributed by atoms with Crippen molar-refractivity contribution >= 4 is 16.0 Å². The number of nitrogens with zero attached hydrogens (tertiary/aromatic N) is 1. The average Bonchev–Trinajstić information content (AvgIpc) is 1.65. The second-order valence-electron chi connectivity index (χ2n) is 3.44. The number of quaternary nitrogens is 1. The van der Waals surface area contributed by atoms with Crippen LogP contribution >= 0.6 is 0 Å². The van der Waals surface area contributed by atoms with E-state index in [9.17, 15) is 0 Å². The maximum absolute atomic E-state index is 2.32. The van der Waals surface area contributed by atoms with Crippen molar-refractivity contribution in [3.8, 4) is 0 Å². The largest absolute Gasteiger partial charge is 0.478 e. The first-order valence-corrected chi connectivity index (χ1v) is 3.53. The number of piperidine rings is 1. The number of rotatable bonds is 0. The first-order chi connectivity index (χ1) is 3.71. The van der Waals surface area contributed by atoms with Gasteiger partial charge in [-0.3, -0.25) is 0 Å². The lowest BCUT2D eigenvalue weighted by atomic mass is 9.95. The van der Waals surface area contributed by atoms with Gasteiger partial charge in [-0.05, 0) is 19.3 Å². The topological polar surface area (TPSA) is 0 Å². The third-order valence-electron chi connectivity index (χ3n) is 2.03. The molecule has 8 heavy (non-hydrogen) atoms. The summed E-state index contributed by atoms with van der Waals surface area (Å²) in [7, 11) is 4.64. The molecule has 0 saturated carbocycles. The quantitative estimate of drug-likeness (QED) is 0.354. The van der Waals surface area contributed by atoms with Crippen LogP contribution in [0, 0.1) is 0 Å². The van der Waals surface area contributed by atoms with Crippen molar-refractivity contribution in [1.29, 1.82) is 0 Å². The van der Waals surface area contributed by atoms with Crippen LogP contribution in [0.5, 0.6) is 0 Å². The Morgan fingerprint density at radius 3 is 1.62 bits per heavy atom. The summed E-state index contributed by atoms with van der Waals surface area (Å²) in [5, 5.41) is 0. The van der Waals surface area contributed by atoms with E-state index in [2.05, 4.69) is 16.0 Å². The Bertz CT molecular complexity index is 74.5. The van der Waals surface area contributed by atoms with Gasteiger partial charge >= 0.3 is 16.0 Å². The molecule has 0 aromatic heterocycles. The fraction of sp³-hybridized carbons (Fsp3) is 1.00. The molecule has 1 nitrogen and oxygen atoms in total. The van der Waals surface area contributed by atoms with Crippen LogP contribution < -0.4 is 0 Å². The van der Waals surface area contributed by atoms with E-state index in [0.717, 1.165) is 0 Å². The lowest BCUT2D eigenvalue weighted by Crippen LogP contribution is -2.46. The highest BCUT2D eigenvalue weighted by Crippen LogP contribution is 2.10. The minimum Gasteiger partial charge on any atom is -0.478 e. The Labute approximate surface area is 53.5 Å². The van der Waals surface area contributed by atoms with Crippen LogP contribution in [0.1, 0.15) is 19.3 Å². The van der Waals surface area contributed by atoms with E-state index >= 15 is 0 Å². The van der Waals surface area contributed by atoms with E-state index in [4.69, 9.17) is 0 Å². The Hall–Kier alpha value is 0.0899. The van der Waals surface area contributed by atoms with E-state index in [-0.39, 0.29) is 0 Å². The van der Waals surface area contributed by atoms with Gasteiger partial charge in [-0.1, -0.05) is 0 Å². The maximum atomic E-state index is 2.32. The monoisotopic (exact) mass is 110 g/mol. The van der Waals surface area contributed by atoms with Gasteiger partial charge in [0.25, 0.3) is 0 Å². The van der Waals surface area contributed by atoms with Crippen LogP contribution in [-0.4, -0.2) is 33.4 Å². The summed E-state index contributed by atoms with van der Waals surface area (Å²) in [6.07, 6.45) is 4.34. The van der Waals surface area contributed by atoms with Gasteiger partial charge < -0.3 is 4.31 Å². The molecular weight excluding hydrogens is 95.7 g/mol. The summed E-state index contributed by atoms with van der Waals surface area (Å²) >= 11 is 0. The van der Waals surface area contributed by atoms with E-state index in [1.807, 2.05) is 0 Å². The van der Waals surface area contributed by atoms with Gasteiger partial charge in [0.2, 0.25) is 0 Å². The van der Waals surface area contributed by atoms with E-state index in [0.29, 0.717) is 0 Å². The molecule has 0 aliphatic carbocycles. The molecule has 1 rings (SSSR count). The predicted molar refractivity (Wildman–Crippen MR) is 40.9 cm³/mol. The van der Waals surface area contributed by atoms with Crippen molar-refractivity contribution < 1.29 is 4.31 Å². The lowest BCUT2D eigenvalue weighted by Gasteiger charge is -2.36. The van der Waals surface area contributed by atoms with Gasteiger partial charge in [0.1, 0.15) is 0 Å². The fourth-order valence-corrected chi connectivity index (χ4v) is 1.37. The zero-order chi connectivity index (χ0) is 6.04. The molecule has 0 aromatic rings. The summed E-state index contributed by atoms with van der Waals surface area (Å²) < 4.78 is 1.25. The standard InChI is InChI=1S/C5H14B2N/c6-8(7)4-2-1-3-5-8/h1-7H2/q+1. The maximum Gasteiger partial charge on any atom is 0.351 e. The summed E-state index contributed by atoms with van der Waals surface area (Å²) in [6.45, 7) is 2.78. The highest BCUT2D eigenvalue weighted by molar-refractivity contribution is 6.14. The molecule has 44 valence electrons. The van der Waals surface area contributed by atoms with Crippen molar-refractivity contribution in [2.75, 3.05) is 13.1 Å². The summed E-state index contributed by atoms with van der Waals surface area (Å²) in [5.74, 6) is 0. The summed E-state index contributed by atoms with van der Waals surface area (Å²) in [6, 6.07) is 0. The van der Waals surface area contributed by atoms with Crippen molar-refractivity contribution in [3.05, 3.63) is 0 Å². The van der Waals surface area contributed by atoms with Gasteiger partial charge in [0.15, 0.2) is 0 Å². The molecule has 0 bridgehead atoms. The van der Waals surface area contributed by atoms with Crippen LogP contribution in [0.3, 0.4) is 0 Å². The molecule has 1 aliphatic heterocycles. The molecule has 0 aromatic carbocycles. The first kappa shape index (κ1) is 6.21. The first-order valence-electron chi connectivity index (χ1n) is 3.53. The molecular formula is C5H14B2N+. The van der Waals surface area contributed by atoms with Crippen molar-refractivity contribution in [2.45, 2.75) is 19.3 Å². The molecule has 0 unspecified atom stereocenters. The third kappa shape index (κ3) is 1.55. The van der Waals surface area contributed by atoms with E-state index < -0.39 is 0 Å². The Morgan fingerprint density at radius 2 is 1.38 bits per heavy atom. The second kappa shape index (κ2) is 2.14. The average molecular weight is 110 g/mol. The zero-order valence-electron chi connectivity index (χ0n) is 5.98. The van der Waals surface area contributed by atoms with Crippen molar-refractivity contribution in [2.24, 2.45) is 0 Å². The van der Waals surface area contributed by atoms with Gasteiger partial charge in [0.05, 0.1) is 0 Å². The molecule has 0 amide bonds. The Kier molecular flexibility index (Phi) is 1.66. The molecule has 1 fully saturated rings. The summed E-state index contributed by atoms with van der Waals surface area (Å²) in [4.78, 5) is 0. The molecule has 0 radical (unpaired) electrons. The van der Waals surface area contributed by atoms with E-state index in [1.165, 1.54) is 36.7 Å². The number of hydrogen-bond donors (Lipinski definition) is 0. The molecule has 3 heteroatoms. The van der Waals surface area contributed by atoms with Crippen molar-refractivity contribution in [1.82, 2.24) is 0 Å². The van der Waals surface area contributed by atoms with Crippen LogP contribution in [0.4, 0.5) is 0 Å². The molecule has 0 N–H and O–H groups in total. The van der Waals surface area contributed by atoms with Crippen molar-refractivity contribution in [3.63, 3.8) is 0 Å². The fourth-order valence-electron chi connectivity index (χ4n) is 1.37. The normalized spacial score (nSPS) is 27.5. The highest BCUT2D eigenvalue weighted by Gasteiger charge is 2.16. The van der Waals surface area contributed by atoms with Crippen LogP contribution in [-0.2, 0) is 0 Å². The van der Waals surface area contributed by atoms with E-state index in [1.54, 1.807) is 0 Å². The molecule has 1 saturated heterocycles. The minimum atomic E-state index is 1.25. The molecule has 0 atom stereocenters. The van der Waals surface area contributed by atoms with Gasteiger partial charge in [-0.15, -0.1) is 0 Å².